The van der Waals surface area contributed by atoms with Crippen LogP contribution in [0.15, 0.2) is 66.7 Å². The van der Waals surface area contributed by atoms with Crippen LogP contribution in [0.4, 0.5) is 0 Å². The molecule has 0 aliphatic carbocycles. The summed E-state index contributed by atoms with van der Waals surface area (Å²) in [6.45, 7) is 2.57. The zero-order valence-electron chi connectivity index (χ0n) is 13.8. The molecular formula is C21H23NO2. The Kier molecular flexibility index (Phi) is 5.14. The number of benzene rings is 3. The van der Waals surface area contributed by atoms with E-state index in [1.54, 1.807) is 18.2 Å². The van der Waals surface area contributed by atoms with E-state index in [1.165, 1.54) is 16.3 Å². The van der Waals surface area contributed by atoms with Crippen LogP contribution in [0.2, 0.25) is 0 Å². The molecule has 0 fully saturated rings. The van der Waals surface area contributed by atoms with Gasteiger partial charge >= 0.3 is 0 Å². The van der Waals surface area contributed by atoms with Gasteiger partial charge in [0.25, 0.3) is 0 Å². The molecule has 3 nitrogen and oxygen atoms in total. The maximum Gasteiger partial charge on any atom is 0.115 e. The van der Waals surface area contributed by atoms with Gasteiger partial charge in [0.15, 0.2) is 0 Å². The monoisotopic (exact) mass is 321 g/mol. The lowest BCUT2D eigenvalue weighted by Crippen LogP contribution is -2.32. The van der Waals surface area contributed by atoms with Gasteiger partial charge in [-0.3, -0.25) is 0 Å². The minimum atomic E-state index is -0.629. The van der Waals surface area contributed by atoms with Crippen molar-refractivity contribution < 1.29 is 10.2 Å². The van der Waals surface area contributed by atoms with Crippen molar-refractivity contribution in [3.63, 3.8) is 0 Å². The minimum absolute atomic E-state index is 0.177. The Morgan fingerprint density at radius 1 is 0.917 bits per heavy atom. The van der Waals surface area contributed by atoms with Crippen molar-refractivity contribution in [3.8, 4) is 5.75 Å². The second kappa shape index (κ2) is 7.47. The highest BCUT2D eigenvalue weighted by molar-refractivity contribution is 5.82. The second-order valence-electron chi connectivity index (χ2n) is 6.31. The van der Waals surface area contributed by atoms with E-state index < -0.39 is 6.10 Å². The Morgan fingerprint density at radius 2 is 1.71 bits per heavy atom. The molecule has 0 radical (unpaired) electrons. The molecule has 3 N–H and O–H groups in total. The third-order valence-electron chi connectivity index (χ3n) is 4.27. The first kappa shape index (κ1) is 16.5. The lowest BCUT2D eigenvalue weighted by Gasteiger charge is -2.18. The van der Waals surface area contributed by atoms with Crippen LogP contribution in [0, 0.1) is 0 Å². The molecule has 3 aromatic rings. The molecule has 0 spiro atoms. The number of aromatic hydroxyl groups is 1. The molecule has 2 unspecified atom stereocenters. The molecule has 124 valence electrons. The Balaban J connectivity index is 1.57. The van der Waals surface area contributed by atoms with E-state index in [2.05, 4.69) is 54.7 Å². The molecule has 2 atom stereocenters. The summed E-state index contributed by atoms with van der Waals surface area (Å²) in [4.78, 5) is 0. The number of aliphatic hydroxyl groups is 1. The normalized spacial score (nSPS) is 13.8. The van der Waals surface area contributed by atoms with E-state index in [-0.39, 0.29) is 11.8 Å². The van der Waals surface area contributed by atoms with E-state index in [0.29, 0.717) is 6.54 Å². The molecule has 0 saturated carbocycles. The number of hydrogen-bond donors (Lipinski definition) is 3. The molecule has 3 aromatic carbocycles. The number of aliphatic hydroxyl groups excluding tert-OH is 1. The SMILES string of the molecule is CC(Cc1ccc2ccccc2c1)NCC(O)c1cccc(O)c1. The average molecular weight is 321 g/mol. The van der Waals surface area contributed by atoms with Crippen molar-refractivity contribution in [1.82, 2.24) is 5.32 Å². The van der Waals surface area contributed by atoms with Gasteiger partial charge in [-0.2, -0.15) is 0 Å². The van der Waals surface area contributed by atoms with Crippen molar-refractivity contribution in [2.75, 3.05) is 6.54 Å². The van der Waals surface area contributed by atoms with Gasteiger partial charge in [0, 0.05) is 12.6 Å². The topological polar surface area (TPSA) is 52.5 Å². The molecule has 3 rings (SSSR count). The quantitative estimate of drug-likeness (QED) is 0.647. The van der Waals surface area contributed by atoms with E-state index >= 15 is 0 Å². The lowest BCUT2D eigenvalue weighted by atomic mass is 10.0. The van der Waals surface area contributed by atoms with E-state index in [1.807, 2.05) is 6.07 Å². The standard InChI is InChI=1S/C21H23NO2/c1-15(22-14-21(24)19-7-4-8-20(23)13-19)11-16-9-10-17-5-2-3-6-18(17)12-16/h2-10,12-13,15,21-24H,11,14H2,1H3. The zero-order chi connectivity index (χ0) is 16.9. The summed E-state index contributed by atoms with van der Waals surface area (Å²) in [6, 6.07) is 21.9. The smallest absolute Gasteiger partial charge is 0.115 e. The Bertz CT molecular complexity index is 816. The van der Waals surface area contributed by atoms with Gasteiger partial charge < -0.3 is 15.5 Å². The molecule has 0 bridgehead atoms. The van der Waals surface area contributed by atoms with E-state index in [9.17, 15) is 10.2 Å². The van der Waals surface area contributed by atoms with Crippen molar-refractivity contribution in [2.24, 2.45) is 0 Å². The summed E-state index contributed by atoms with van der Waals surface area (Å²) in [5.74, 6) is 0.177. The average Bonchev–Trinajstić information content (AvgIpc) is 2.59. The first-order chi connectivity index (χ1) is 11.6. The van der Waals surface area contributed by atoms with Gasteiger partial charge in [0.1, 0.15) is 5.75 Å². The van der Waals surface area contributed by atoms with Crippen LogP contribution in [0.25, 0.3) is 10.8 Å². The molecule has 24 heavy (non-hydrogen) atoms. The Morgan fingerprint density at radius 3 is 2.50 bits per heavy atom. The van der Waals surface area contributed by atoms with Crippen LogP contribution in [0.5, 0.6) is 5.75 Å². The summed E-state index contributed by atoms with van der Waals surface area (Å²) < 4.78 is 0. The fourth-order valence-corrected chi connectivity index (χ4v) is 2.95. The third kappa shape index (κ3) is 4.13. The van der Waals surface area contributed by atoms with E-state index in [0.717, 1.165) is 12.0 Å². The Hall–Kier alpha value is -2.36. The van der Waals surface area contributed by atoms with Crippen LogP contribution in [-0.4, -0.2) is 22.8 Å². The number of hydrogen-bond acceptors (Lipinski definition) is 3. The summed E-state index contributed by atoms with van der Waals surface area (Å²) in [6.07, 6.45) is 0.272. The molecule has 0 amide bonds. The van der Waals surface area contributed by atoms with Gasteiger partial charge in [-0.05, 0) is 47.4 Å². The van der Waals surface area contributed by atoms with Gasteiger partial charge in [-0.1, -0.05) is 54.6 Å². The summed E-state index contributed by atoms with van der Waals surface area (Å²) in [5.41, 5.74) is 2.00. The summed E-state index contributed by atoms with van der Waals surface area (Å²) in [7, 11) is 0. The molecule has 0 heterocycles. The second-order valence-corrected chi connectivity index (χ2v) is 6.31. The predicted molar refractivity (Wildman–Crippen MR) is 98.2 cm³/mol. The molecule has 0 aromatic heterocycles. The maximum atomic E-state index is 10.2. The molecule has 0 saturated heterocycles. The van der Waals surface area contributed by atoms with Gasteiger partial charge in [-0.25, -0.2) is 0 Å². The largest absolute Gasteiger partial charge is 0.508 e. The number of rotatable bonds is 6. The van der Waals surface area contributed by atoms with Gasteiger partial charge in [0.2, 0.25) is 0 Å². The highest BCUT2D eigenvalue weighted by Gasteiger charge is 2.10. The van der Waals surface area contributed by atoms with Crippen molar-refractivity contribution in [3.05, 3.63) is 77.9 Å². The summed E-state index contributed by atoms with van der Waals surface area (Å²) in [5, 5.41) is 25.6. The van der Waals surface area contributed by atoms with Crippen LogP contribution in [-0.2, 0) is 6.42 Å². The fourth-order valence-electron chi connectivity index (χ4n) is 2.95. The van der Waals surface area contributed by atoms with Crippen molar-refractivity contribution in [2.45, 2.75) is 25.5 Å². The minimum Gasteiger partial charge on any atom is -0.508 e. The predicted octanol–water partition coefficient (Wildman–Crippen LogP) is 3.80. The van der Waals surface area contributed by atoms with Crippen molar-refractivity contribution in [1.29, 1.82) is 0 Å². The maximum absolute atomic E-state index is 10.2. The van der Waals surface area contributed by atoms with Crippen LogP contribution < -0.4 is 5.32 Å². The molecular weight excluding hydrogens is 298 g/mol. The number of phenols is 1. The first-order valence-corrected chi connectivity index (χ1v) is 8.30. The number of nitrogens with one attached hydrogen (secondary N) is 1. The molecule has 3 heteroatoms. The lowest BCUT2D eigenvalue weighted by molar-refractivity contribution is 0.170. The van der Waals surface area contributed by atoms with Crippen molar-refractivity contribution >= 4 is 10.8 Å². The summed E-state index contributed by atoms with van der Waals surface area (Å²) >= 11 is 0. The van der Waals surface area contributed by atoms with Gasteiger partial charge in [-0.15, -0.1) is 0 Å². The zero-order valence-corrected chi connectivity index (χ0v) is 13.8. The number of fused-ring (bicyclic) bond motifs is 1. The first-order valence-electron chi connectivity index (χ1n) is 8.30. The highest BCUT2D eigenvalue weighted by Crippen LogP contribution is 2.19. The third-order valence-corrected chi connectivity index (χ3v) is 4.27. The Labute approximate surface area is 142 Å². The molecule has 0 aliphatic rings. The number of phenolic OH excluding ortho intramolecular Hbond substituents is 1. The molecule has 0 aliphatic heterocycles. The fraction of sp³-hybridized carbons (Fsp3) is 0.238. The van der Waals surface area contributed by atoms with Crippen LogP contribution in [0.3, 0.4) is 0 Å². The van der Waals surface area contributed by atoms with Crippen LogP contribution in [0.1, 0.15) is 24.2 Å². The van der Waals surface area contributed by atoms with E-state index in [4.69, 9.17) is 0 Å². The van der Waals surface area contributed by atoms with Crippen LogP contribution >= 0.6 is 0 Å². The highest BCUT2D eigenvalue weighted by atomic mass is 16.3. The van der Waals surface area contributed by atoms with Gasteiger partial charge in [0.05, 0.1) is 6.10 Å².